The zero-order valence-electron chi connectivity index (χ0n) is 15.2. The normalized spacial score (nSPS) is 11.3. The minimum atomic E-state index is 0.670. The van der Waals surface area contributed by atoms with Gasteiger partial charge < -0.3 is 9.30 Å². The summed E-state index contributed by atoms with van der Waals surface area (Å²) < 4.78 is 7.25. The van der Waals surface area contributed by atoms with E-state index in [0.717, 1.165) is 33.9 Å². The van der Waals surface area contributed by atoms with Gasteiger partial charge in [0.2, 0.25) is 0 Å². The van der Waals surface area contributed by atoms with E-state index in [9.17, 15) is 0 Å². The summed E-state index contributed by atoms with van der Waals surface area (Å²) in [5, 5.41) is 0. The van der Waals surface area contributed by atoms with Gasteiger partial charge in [-0.15, -0.1) is 0 Å². The molecule has 6 heteroatoms. The van der Waals surface area contributed by atoms with Crippen molar-refractivity contribution in [2.75, 3.05) is 7.11 Å². The predicted octanol–water partition coefficient (Wildman–Crippen LogP) is 3.76. The summed E-state index contributed by atoms with van der Waals surface area (Å²) in [5.41, 5.74) is 4.64. The summed E-state index contributed by atoms with van der Waals surface area (Å²) in [7, 11) is 1.67. The summed E-state index contributed by atoms with van der Waals surface area (Å²) in [6.07, 6.45) is 7.35. The van der Waals surface area contributed by atoms with Crippen LogP contribution in [-0.2, 0) is 6.54 Å². The smallest absolute Gasteiger partial charge is 0.160 e. The first-order valence-corrected chi connectivity index (χ1v) is 8.64. The van der Waals surface area contributed by atoms with Crippen molar-refractivity contribution in [1.29, 1.82) is 0 Å². The van der Waals surface area contributed by atoms with Crippen LogP contribution in [0.15, 0.2) is 55.0 Å². The molecule has 134 valence electrons. The molecule has 6 nitrogen and oxygen atoms in total. The molecule has 0 N–H and O–H groups in total. The van der Waals surface area contributed by atoms with Gasteiger partial charge in [-0.25, -0.2) is 19.9 Å². The third-order valence-corrected chi connectivity index (χ3v) is 4.21. The zero-order chi connectivity index (χ0) is 18.6. The second-order valence-corrected chi connectivity index (χ2v) is 6.19. The van der Waals surface area contributed by atoms with Crippen molar-refractivity contribution in [1.82, 2.24) is 24.5 Å². The van der Waals surface area contributed by atoms with Gasteiger partial charge in [-0.1, -0.05) is 12.1 Å². The van der Waals surface area contributed by atoms with E-state index in [1.54, 1.807) is 13.3 Å². The molecule has 0 unspecified atom stereocenters. The summed E-state index contributed by atoms with van der Waals surface area (Å²) in [6, 6.07) is 13.8. The maximum Gasteiger partial charge on any atom is 0.160 e. The minimum Gasteiger partial charge on any atom is -0.497 e. The fourth-order valence-corrected chi connectivity index (χ4v) is 2.80. The molecular formula is C21H19N5O. The molecule has 27 heavy (non-hydrogen) atoms. The Morgan fingerprint density at radius 2 is 1.81 bits per heavy atom. The Balaban J connectivity index is 1.60. The van der Waals surface area contributed by atoms with Crippen LogP contribution in [0.5, 0.6) is 5.75 Å². The molecule has 0 spiro atoms. The van der Waals surface area contributed by atoms with E-state index < -0.39 is 0 Å². The number of hydrogen-bond donors (Lipinski definition) is 0. The monoisotopic (exact) mass is 357 g/mol. The number of methoxy groups -OCH3 is 1. The molecule has 1 aromatic carbocycles. The molecule has 0 bridgehead atoms. The van der Waals surface area contributed by atoms with Crippen molar-refractivity contribution in [2.24, 2.45) is 0 Å². The molecule has 0 fully saturated rings. The lowest BCUT2D eigenvalue weighted by molar-refractivity contribution is 0.414. The lowest BCUT2D eigenvalue weighted by Crippen LogP contribution is -2.00. The van der Waals surface area contributed by atoms with Gasteiger partial charge >= 0.3 is 0 Å². The highest BCUT2D eigenvalue weighted by atomic mass is 16.5. The standard InChI is InChI=1S/C21H19N5O/c1-15-11-12-22-20(24-15)10-6-17-5-9-19-21(25-17)26(14-23-19)13-16-3-7-18(27-2)8-4-16/h3-12,14H,13H2,1-2H3. The third kappa shape index (κ3) is 3.84. The van der Waals surface area contributed by atoms with Crippen LogP contribution < -0.4 is 4.74 Å². The third-order valence-electron chi connectivity index (χ3n) is 4.21. The summed E-state index contributed by atoms with van der Waals surface area (Å²) in [6.45, 7) is 2.64. The SMILES string of the molecule is COc1ccc(Cn2cnc3ccc(C=Cc4nccc(C)n4)nc32)cc1. The van der Waals surface area contributed by atoms with Crippen molar-refractivity contribution in [3.8, 4) is 5.75 Å². The average Bonchev–Trinajstić information content (AvgIpc) is 3.09. The van der Waals surface area contributed by atoms with Crippen molar-refractivity contribution >= 4 is 23.3 Å². The first kappa shape index (κ1) is 16.9. The van der Waals surface area contributed by atoms with Gasteiger partial charge in [0.05, 0.1) is 25.7 Å². The molecule has 0 aliphatic rings. The van der Waals surface area contributed by atoms with Crippen LogP contribution >= 0.6 is 0 Å². The van der Waals surface area contributed by atoms with Gasteiger partial charge in [0, 0.05) is 11.9 Å². The molecule has 0 saturated heterocycles. The number of rotatable bonds is 5. The maximum atomic E-state index is 5.21. The Kier molecular flexibility index (Phi) is 4.61. The second kappa shape index (κ2) is 7.37. The fourth-order valence-electron chi connectivity index (χ4n) is 2.80. The van der Waals surface area contributed by atoms with Gasteiger partial charge in [0.25, 0.3) is 0 Å². The number of aromatic nitrogens is 5. The average molecular weight is 357 g/mol. The van der Waals surface area contributed by atoms with Crippen molar-refractivity contribution in [2.45, 2.75) is 13.5 Å². The molecular weight excluding hydrogens is 338 g/mol. The Labute approximate surface area is 157 Å². The van der Waals surface area contributed by atoms with Crippen LogP contribution in [-0.4, -0.2) is 31.6 Å². The van der Waals surface area contributed by atoms with Crippen molar-refractivity contribution in [3.05, 3.63) is 77.8 Å². The van der Waals surface area contributed by atoms with Crippen LogP contribution in [0, 0.1) is 6.92 Å². The molecule has 0 radical (unpaired) electrons. The number of fused-ring (bicyclic) bond motifs is 1. The number of imidazole rings is 1. The Morgan fingerprint density at radius 1 is 0.963 bits per heavy atom. The number of ether oxygens (including phenoxy) is 1. The Bertz CT molecular complexity index is 1100. The Hall–Kier alpha value is -3.54. The van der Waals surface area contributed by atoms with Gasteiger partial charge in [-0.05, 0) is 55.0 Å². The van der Waals surface area contributed by atoms with E-state index in [4.69, 9.17) is 9.72 Å². The van der Waals surface area contributed by atoms with E-state index in [1.807, 2.05) is 72.4 Å². The van der Waals surface area contributed by atoms with Crippen LogP contribution in [0.2, 0.25) is 0 Å². The van der Waals surface area contributed by atoms with Crippen LogP contribution in [0.3, 0.4) is 0 Å². The molecule has 3 heterocycles. The van der Waals surface area contributed by atoms with E-state index in [2.05, 4.69) is 15.0 Å². The van der Waals surface area contributed by atoms with Crippen molar-refractivity contribution in [3.63, 3.8) is 0 Å². The predicted molar refractivity (Wildman–Crippen MR) is 105 cm³/mol. The number of nitrogens with zero attached hydrogens (tertiary/aromatic N) is 5. The van der Waals surface area contributed by atoms with E-state index in [-0.39, 0.29) is 0 Å². The van der Waals surface area contributed by atoms with Crippen molar-refractivity contribution < 1.29 is 4.74 Å². The molecule has 0 saturated carbocycles. The maximum absolute atomic E-state index is 5.21. The zero-order valence-corrected chi connectivity index (χ0v) is 15.2. The fraction of sp³-hybridized carbons (Fsp3) is 0.143. The lowest BCUT2D eigenvalue weighted by Gasteiger charge is -2.06. The topological polar surface area (TPSA) is 65.7 Å². The lowest BCUT2D eigenvalue weighted by atomic mass is 10.2. The number of aryl methyl sites for hydroxylation is 1. The van der Waals surface area contributed by atoms with Gasteiger partial charge in [-0.3, -0.25) is 0 Å². The minimum absolute atomic E-state index is 0.670. The highest BCUT2D eigenvalue weighted by molar-refractivity contribution is 5.74. The van der Waals surface area contributed by atoms with Gasteiger partial charge in [-0.2, -0.15) is 0 Å². The summed E-state index contributed by atoms with van der Waals surface area (Å²) >= 11 is 0. The first-order chi connectivity index (χ1) is 13.2. The molecule has 0 amide bonds. The molecule has 4 aromatic rings. The molecule has 0 atom stereocenters. The molecule has 3 aromatic heterocycles. The highest BCUT2D eigenvalue weighted by Crippen LogP contribution is 2.16. The number of pyridine rings is 1. The van der Waals surface area contributed by atoms with Crippen LogP contribution in [0.25, 0.3) is 23.3 Å². The summed E-state index contributed by atoms with van der Waals surface area (Å²) in [4.78, 5) is 17.8. The van der Waals surface area contributed by atoms with Gasteiger partial charge in [0.15, 0.2) is 11.5 Å². The molecule has 4 rings (SSSR count). The summed E-state index contributed by atoms with van der Waals surface area (Å²) in [5.74, 6) is 1.52. The van der Waals surface area contributed by atoms with Gasteiger partial charge in [0.1, 0.15) is 11.3 Å². The molecule has 0 aliphatic carbocycles. The van der Waals surface area contributed by atoms with E-state index >= 15 is 0 Å². The number of benzene rings is 1. The molecule has 0 aliphatic heterocycles. The quantitative estimate of drug-likeness (QED) is 0.544. The van der Waals surface area contributed by atoms with E-state index in [1.165, 1.54) is 0 Å². The highest BCUT2D eigenvalue weighted by Gasteiger charge is 2.06. The second-order valence-electron chi connectivity index (χ2n) is 6.19. The largest absolute Gasteiger partial charge is 0.497 e. The van der Waals surface area contributed by atoms with Crippen LogP contribution in [0.1, 0.15) is 22.8 Å². The van der Waals surface area contributed by atoms with Crippen LogP contribution in [0.4, 0.5) is 0 Å². The Morgan fingerprint density at radius 3 is 2.59 bits per heavy atom. The van der Waals surface area contributed by atoms with E-state index in [0.29, 0.717) is 12.4 Å². The number of hydrogen-bond acceptors (Lipinski definition) is 5. The first-order valence-electron chi connectivity index (χ1n) is 8.64.